The number of carbonyl (C=O) groups is 2. The van der Waals surface area contributed by atoms with Crippen LogP contribution in [0.2, 0.25) is 0 Å². The molecule has 0 radical (unpaired) electrons. The summed E-state index contributed by atoms with van der Waals surface area (Å²) in [5.41, 5.74) is 16.0. The van der Waals surface area contributed by atoms with Gasteiger partial charge in [-0.25, -0.2) is 0 Å². The molecule has 1 heterocycles. The number of anilines is 1. The number of hydrogen-bond acceptors (Lipinski definition) is 10. The van der Waals surface area contributed by atoms with Crippen molar-refractivity contribution in [2.75, 3.05) is 37.4 Å². The van der Waals surface area contributed by atoms with Crippen LogP contribution in [0.25, 0.3) is 0 Å². The standard InChI is InChI=1S/C22H27NO7S.C6H14N4O2/c1-22(2,21(24)25)29-17-8-4-6-16(14-17)7-5-11-23-12-13-28-20-15-18(9-10-19(20)23)30-31(3,26)27;7-4(5(11)12)2-1-3-10-6(8)9/h4,6,8-10,14-15H,5,7,11-13H2,1-3H3,(H,24,25);4H,1-3,7H2,(H,11,12)(H4,8,9,10). The van der Waals surface area contributed by atoms with Crippen molar-refractivity contribution in [3.63, 3.8) is 0 Å². The van der Waals surface area contributed by atoms with Crippen molar-refractivity contribution in [3.05, 3.63) is 48.0 Å². The minimum absolute atomic E-state index is 0.138. The zero-order valence-corrected chi connectivity index (χ0v) is 25.4. The van der Waals surface area contributed by atoms with Gasteiger partial charge in [-0.05, 0) is 69.4 Å². The third-order valence-electron chi connectivity index (χ3n) is 6.13. The van der Waals surface area contributed by atoms with Crippen molar-refractivity contribution in [2.45, 2.75) is 51.2 Å². The van der Waals surface area contributed by atoms with Gasteiger partial charge in [0.2, 0.25) is 0 Å². The monoisotopic (exact) mass is 623 g/mol. The summed E-state index contributed by atoms with van der Waals surface area (Å²) in [6.07, 6.45) is 3.68. The summed E-state index contributed by atoms with van der Waals surface area (Å²) in [4.78, 5) is 26.2. The fourth-order valence-corrected chi connectivity index (χ4v) is 4.42. The smallest absolute Gasteiger partial charge is 0.338 e. The summed E-state index contributed by atoms with van der Waals surface area (Å²) < 4.78 is 38.8. The number of carbonyl (C=O) groups excluding carboxylic acids is 1. The summed E-state index contributed by atoms with van der Waals surface area (Å²) in [6, 6.07) is 11.6. The number of nitrogens with two attached hydrogens (primary N) is 3. The topological polar surface area (TPSA) is 235 Å². The van der Waals surface area contributed by atoms with Gasteiger partial charge in [-0.3, -0.25) is 21.3 Å². The van der Waals surface area contributed by atoms with Crippen molar-refractivity contribution in [1.82, 2.24) is 0 Å². The highest BCUT2D eigenvalue weighted by molar-refractivity contribution is 7.86. The van der Waals surface area contributed by atoms with Gasteiger partial charge in [0.15, 0.2) is 0 Å². The summed E-state index contributed by atoms with van der Waals surface area (Å²) in [5, 5.41) is 19.5. The number of benzene rings is 2. The molecule has 1 aliphatic rings. The highest BCUT2D eigenvalue weighted by Crippen LogP contribution is 2.35. The van der Waals surface area contributed by atoms with Gasteiger partial charge >= 0.3 is 22.0 Å². The Kier molecular flexibility index (Phi) is 12.9. The van der Waals surface area contributed by atoms with Gasteiger partial charge < -0.3 is 39.3 Å². The second-order valence-corrected chi connectivity index (χ2v) is 11.9. The van der Waals surface area contributed by atoms with E-state index in [-0.39, 0.29) is 11.7 Å². The maximum Gasteiger partial charge on any atom is 0.338 e. The molecule has 0 aromatic heterocycles. The van der Waals surface area contributed by atoms with Crippen LogP contribution in [0.1, 0.15) is 38.7 Å². The Labute approximate surface area is 251 Å². The van der Waals surface area contributed by atoms with Crippen LogP contribution in [0, 0.1) is 0 Å². The average Bonchev–Trinajstić information content (AvgIpc) is 2.90. The van der Waals surface area contributed by atoms with Crippen molar-refractivity contribution in [1.29, 1.82) is 0 Å². The zero-order chi connectivity index (χ0) is 32.2. The number of fused-ring (bicyclic) bond motifs is 1. The lowest BCUT2D eigenvalue weighted by molar-refractivity contribution is -0.459. The first kappa shape index (κ1) is 35.0. The van der Waals surface area contributed by atoms with E-state index in [2.05, 4.69) is 9.89 Å². The Balaban J connectivity index is 0.000000455. The third-order valence-corrected chi connectivity index (χ3v) is 6.63. The summed E-state index contributed by atoms with van der Waals surface area (Å²) in [7, 11) is -3.60. The molecule has 15 heteroatoms. The van der Waals surface area contributed by atoms with Crippen LogP contribution in [0.15, 0.2) is 42.5 Å². The molecule has 43 heavy (non-hydrogen) atoms. The largest absolute Gasteiger partial charge is 0.546 e. The van der Waals surface area contributed by atoms with Crippen LogP contribution in [0.5, 0.6) is 17.2 Å². The van der Waals surface area contributed by atoms with Crippen LogP contribution < -0.4 is 45.9 Å². The molecule has 2 aromatic rings. The van der Waals surface area contributed by atoms with Gasteiger partial charge in [-0.2, -0.15) is 8.42 Å². The molecule has 14 nitrogen and oxygen atoms in total. The quantitative estimate of drug-likeness (QED) is 0.0684. The lowest BCUT2D eigenvalue weighted by atomic mass is 10.1. The molecule has 1 atom stereocenters. The lowest BCUT2D eigenvalue weighted by Crippen LogP contribution is -2.78. The van der Waals surface area contributed by atoms with Gasteiger partial charge in [0, 0.05) is 12.6 Å². The second-order valence-electron chi connectivity index (χ2n) is 10.4. The predicted molar refractivity (Wildman–Crippen MR) is 158 cm³/mol. The Bertz CT molecular complexity index is 1380. The van der Waals surface area contributed by atoms with Crippen molar-refractivity contribution >= 4 is 33.7 Å². The number of nitrogens with one attached hydrogen (secondary N) is 1. The molecule has 1 aliphatic heterocycles. The van der Waals surface area contributed by atoms with Crippen LogP contribution in [-0.4, -0.2) is 75.6 Å². The van der Waals surface area contributed by atoms with Crippen LogP contribution in [0.3, 0.4) is 0 Å². The molecule has 0 saturated heterocycles. The molecule has 1 unspecified atom stereocenters. The van der Waals surface area contributed by atoms with E-state index in [9.17, 15) is 23.1 Å². The second kappa shape index (κ2) is 15.8. The van der Waals surface area contributed by atoms with E-state index in [1.54, 1.807) is 24.3 Å². The number of carboxylic acid groups (broad SMARTS) is 2. The van der Waals surface area contributed by atoms with E-state index in [1.807, 2.05) is 18.2 Å². The third kappa shape index (κ3) is 12.7. The van der Waals surface area contributed by atoms with Crippen LogP contribution >= 0.6 is 0 Å². The molecule has 0 amide bonds. The number of aryl methyl sites for hydroxylation is 1. The molecule has 0 fully saturated rings. The van der Waals surface area contributed by atoms with Gasteiger partial charge in [0.1, 0.15) is 35.5 Å². The molecule has 8 N–H and O–H groups in total. The van der Waals surface area contributed by atoms with E-state index in [1.165, 1.54) is 13.8 Å². The summed E-state index contributed by atoms with van der Waals surface area (Å²) in [6.45, 7) is 5.45. The Morgan fingerprint density at radius 1 is 1.16 bits per heavy atom. The van der Waals surface area contributed by atoms with E-state index in [0.29, 0.717) is 37.5 Å². The highest BCUT2D eigenvalue weighted by atomic mass is 32.2. The SMILES string of the molecule is CC(C)(Oc1cccc(CCCN2CCOc3cc(OS(C)(=O)=O)ccc32)c1)C(=O)[O-].NC(N)=[NH+]CCCC(N)C(=O)O. The van der Waals surface area contributed by atoms with Crippen molar-refractivity contribution < 1.29 is 46.9 Å². The minimum atomic E-state index is -3.60. The Morgan fingerprint density at radius 3 is 2.51 bits per heavy atom. The first-order valence-corrected chi connectivity index (χ1v) is 15.4. The fraction of sp³-hybridized carbons (Fsp3) is 0.464. The summed E-state index contributed by atoms with van der Waals surface area (Å²) >= 11 is 0. The Hall–Kier alpha value is -4.24. The van der Waals surface area contributed by atoms with Crippen molar-refractivity contribution in [2.24, 2.45) is 17.2 Å². The van der Waals surface area contributed by atoms with Gasteiger partial charge in [-0.15, -0.1) is 0 Å². The first-order chi connectivity index (χ1) is 20.1. The maximum atomic E-state index is 11.3. The van der Waals surface area contributed by atoms with Gasteiger partial charge in [-0.1, -0.05) is 12.1 Å². The number of aliphatic carboxylic acids is 2. The molecule has 3 rings (SSSR count). The van der Waals surface area contributed by atoms with Crippen molar-refractivity contribution in [3.8, 4) is 17.2 Å². The number of hydrogen-bond donors (Lipinski definition) is 5. The van der Waals surface area contributed by atoms with Crippen LogP contribution in [0.4, 0.5) is 5.69 Å². The number of rotatable bonds is 14. The molecular formula is C28H41N5O9S. The first-order valence-electron chi connectivity index (χ1n) is 13.6. The number of ether oxygens (including phenoxy) is 2. The minimum Gasteiger partial charge on any atom is -0.546 e. The number of nitrogens with zero attached hydrogens (tertiary/aromatic N) is 1. The van der Waals surface area contributed by atoms with Gasteiger partial charge in [0.25, 0.3) is 0 Å². The number of guanidine groups is 1. The number of carboxylic acids is 2. The molecular weight excluding hydrogens is 582 g/mol. The maximum absolute atomic E-state index is 11.3. The van der Waals surface area contributed by atoms with E-state index in [0.717, 1.165) is 43.4 Å². The summed E-state index contributed by atoms with van der Waals surface area (Å²) in [5.74, 6) is -0.818. The highest BCUT2D eigenvalue weighted by Gasteiger charge is 2.22. The zero-order valence-electron chi connectivity index (χ0n) is 24.6. The molecule has 2 aromatic carbocycles. The van der Waals surface area contributed by atoms with E-state index in [4.69, 9.17) is 36.0 Å². The Morgan fingerprint density at radius 2 is 1.88 bits per heavy atom. The normalized spacial score (nSPS) is 13.3. The molecule has 0 aliphatic carbocycles. The van der Waals surface area contributed by atoms with Crippen LogP contribution in [-0.2, 0) is 26.1 Å². The lowest BCUT2D eigenvalue weighted by Gasteiger charge is -2.31. The molecule has 0 bridgehead atoms. The van der Waals surface area contributed by atoms with E-state index >= 15 is 0 Å². The average molecular weight is 624 g/mol. The molecule has 0 saturated carbocycles. The molecule has 0 spiro atoms. The molecule has 238 valence electrons. The predicted octanol–water partition coefficient (Wildman–Crippen LogP) is -1.70. The van der Waals surface area contributed by atoms with Gasteiger partial charge in [0.05, 0.1) is 31.0 Å². The fourth-order valence-electron chi connectivity index (χ4n) is 3.97. The van der Waals surface area contributed by atoms with E-state index < -0.39 is 33.7 Å².